The average molecular weight is 343 g/mol. The molecule has 3 rings (SSSR count). The molecule has 1 aliphatic heterocycles. The Kier molecular flexibility index (Phi) is 5.27. The second kappa shape index (κ2) is 7.78. The SMILES string of the molecule is Cc1noc(CNC(=O)N2CCC(C(=O)Nc3ccccc3)CC2)n1. The fourth-order valence-electron chi connectivity index (χ4n) is 2.79. The minimum absolute atomic E-state index is 0.00703. The quantitative estimate of drug-likeness (QED) is 0.883. The molecule has 1 aliphatic rings. The molecule has 0 saturated carbocycles. The van der Waals surface area contributed by atoms with Crippen LogP contribution in [0, 0.1) is 12.8 Å². The Morgan fingerprint density at radius 2 is 1.96 bits per heavy atom. The van der Waals surface area contributed by atoms with E-state index in [-0.39, 0.29) is 24.4 Å². The predicted octanol–water partition coefficient (Wildman–Crippen LogP) is 1.94. The molecule has 25 heavy (non-hydrogen) atoms. The maximum Gasteiger partial charge on any atom is 0.317 e. The maximum atomic E-state index is 12.3. The summed E-state index contributed by atoms with van der Waals surface area (Å²) in [7, 11) is 0. The van der Waals surface area contributed by atoms with E-state index in [9.17, 15) is 9.59 Å². The van der Waals surface area contributed by atoms with E-state index < -0.39 is 0 Å². The van der Waals surface area contributed by atoms with Crippen LogP contribution >= 0.6 is 0 Å². The van der Waals surface area contributed by atoms with E-state index in [0.717, 1.165) is 5.69 Å². The number of anilines is 1. The molecule has 1 fully saturated rings. The van der Waals surface area contributed by atoms with E-state index in [1.54, 1.807) is 11.8 Å². The molecule has 0 radical (unpaired) electrons. The Labute approximate surface area is 145 Å². The van der Waals surface area contributed by atoms with Crippen molar-refractivity contribution < 1.29 is 14.1 Å². The van der Waals surface area contributed by atoms with Gasteiger partial charge in [0.1, 0.15) is 0 Å². The molecule has 1 aromatic heterocycles. The van der Waals surface area contributed by atoms with Crippen molar-refractivity contribution in [3.63, 3.8) is 0 Å². The van der Waals surface area contributed by atoms with Crippen LogP contribution in [0.3, 0.4) is 0 Å². The molecule has 2 aromatic rings. The molecule has 0 aliphatic carbocycles. The van der Waals surface area contributed by atoms with Crippen LogP contribution in [0.5, 0.6) is 0 Å². The Hall–Kier alpha value is -2.90. The van der Waals surface area contributed by atoms with Gasteiger partial charge in [0.05, 0.1) is 6.54 Å². The van der Waals surface area contributed by atoms with Crippen molar-refractivity contribution in [2.24, 2.45) is 5.92 Å². The topological polar surface area (TPSA) is 100 Å². The van der Waals surface area contributed by atoms with E-state index in [2.05, 4.69) is 20.8 Å². The van der Waals surface area contributed by atoms with Gasteiger partial charge in [-0.3, -0.25) is 4.79 Å². The van der Waals surface area contributed by atoms with Gasteiger partial charge in [-0.2, -0.15) is 4.98 Å². The summed E-state index contributed by atoms with van der Waals surface area (Å²) >= 11 is 0. The molecule has 1 aromatic carbocycles. The number of hydrogen-bond acceptors (Lipinski definition) is 5. The monoisotopic (exact) mass is 343 g/mol. The fraction of sp³-hybridized carbons (Fsp3) is 0.412. The predicted molar refractivity (Wildman–Crippen MR) is 90.6 cm³/mol. The van der Waals surface area contributed by atoms with Crippen molar-refractivity contribution in [1.29, 1.82) is 0 Å². The summed E-state index contributed by atoms with van der Waals surface area (Å²) in [4.78, 5) is 30.2. The number of carbonyl (C=O) groups excluding carboxylic acids is 2. The van der Waals surface area contributed by atoms with Crippen molar-refractivity contribution >= 4 is 17.6 Å². The summed E-state index contributed by atoms with van der Waals surface area (Å²) in [6.07, 6.45) is 1.29. The van der Waals surface area contributed by atoms with Crippen molar-refractivity contribution in [3.8, 4) is 0 Å². The second-order valence-electron chi connectivity index (χ2n) is 6.01. The number of aryl methyl sites for hydroxylation is 1. The lowest BCUT2D eigenvalue weighted by Crippen LogP contribution is -2.45. The fourth-order valence-corrected chi connectivity index (χ4v) is 2.79. The molecule has 0 unspecified atom stereocenters. The maximum absolute atomic E-state index is 12.3. The van der Waals surface area contributed by atoms with E-state index >= 15 is 0 Å². The van der Waals surface area contributed by atoms with Gasteiger partial charge in [-0.1, -0.05) is 23.4 Å². The van der Waals surface area contributed by atoms with Crippen molar-refractivity contribution in [3.05, 3.63) is 42.0 Å². The van der Waals surface area contributed by atoms with Gasteiger partial charge in [-0.05, 0) is 31.9 Å². The number of aromatic nitrogens is 2. The average Bonchev–Trinajstić information content (AvgIpc) is 3.06. The van der Waals surface area contributed by atoms with E-state index in [0.29, 0.717) is 37.6 Å². The summed E-state index contributed by atoms with van der Waals surface area (Å²) in [5.41, 5.74) is 0.794. The molecule has 0 spiro atoms. The number of likely N-dealkylation sites (tertiary alicyclic amines) is 1. The molecule has 2 heterocycles. The Morgan fingerprint density at radius 3 is 2.60 bits per heavy atom. The molecule has 0 atom stereocenters. The largest absolute Gasteiger partial charge is 0.337 e. The third-order valence-electron chi connectivity index (χ3n) is 4.15. The van der Waals surface area contributed by atoms with Crippen LogP contribution in [-0.2, 0) is 11.3 Å². The molecule has 8 heteroatoms. The summed E-state index contributed by atoms with van der Waals surface area (Å²) in [5, 5.41) is 9.35. The Balaban J connectivity index is 1.43. The first-order valence-corrected chi connectivity index (χ1v) is 8.29. The Morgan fingerprint density at radius 1 is 1.24 bits per heavy atom. The van der Waals surface area contributed by atoms with Gasteiger partial charge in [0, 0.05) is 24.7 Å². The first-order valence-electron chi connectivity index (χ1n) is 8.29. The minimum Gasteiger partial charge on any atom is -0.337 e. The van der Waals surface area contributed by atoms with Crippen LogP contribution < -0.4 is 10.6 Å². The highest BCUT2D eigenvalue weighted by Crippen LogP contribution is 2.19. The molecule has 3 amide bonds. The zero-order chi connectivity index (χ0) is 17.6. The van der Waals surface area contributed by atoms with Crippen LogP contribution in [0.15, 0.2) is 34.9 Å². The number of amides is 3. The van der Waals surface area contributed by atoms with Gasteiger partial charge in [-0.25, -0.2) is 4.79 Å². The molecular weight excluding hydrogens is 322 g/mol. The van der Waals surface area contributed by atoms with Gasteiger partial charge >= 0.3 is 6.03 Å². The third kappa shape index (κ3) is 4.56. The highest BCUT2D eigenvalue weighted by molar-refractivity contribution is 5.92. The lowest BCUT2D eigenvalue weighted by Gasteiger charge is -2.31. The second-order valence-corrected chi connectivity index (χ2v) is 6.01. The smallest absolute Gasteiger partial charge is 0.317 e. The van der Waals surface area contributed by atoms with Crippen LogP contribution in [0.4, 0.5) is 10.5 Å². The van der Waals surface area contributed by atoms with Crippen LogP contribution in [0.1, 0.15) is 24.6 Å². The number of piperidine rings is 1. The lowest BCUT2D eigenvalue weighted by molar-refractivity contribution is -0.121. The van der Waals surface area contributed by atoms with Gasteiger partial charge in [-0.15, -0.1) is 0 Å². The Bertz CT molecular complexity index is 723. The summed E-state index contributed by atoms with van der Waals surface area (Å²) in [6, 6.07) is 9.21. The van der Waals surface area contributed by atoms with Crippen molar-refractivity contribution in [1.82, 2.24) is 20.4 Å². The molecular formula is C17H21N5O3. The summed E-state index contributed by atoms with van der Waals surface area (Å²) in [5.74, 6) is 0.841. The summed E-state index contributed by atoms with van der Waals surface area (Å²) < 4.78 is 4.96. The first kappa shape index (κ1) is 16.9. The molecule has 132 valence electrons. The number of nitrogens with one attached hydrogen (secondary N) is 2. The van der Waals surface area contributed by atoms with Crippen molar-refractivity contribution in [2.75, 3.05) is 18.4 Å². The molecule has 8 nitrogen and oxygen atoms in total. The van der Waals surface area contributed by atoms with Crippen LogP contribution in [0.25, 0.3) is 0 Å². The molecule has 0 bridgehead atoms. The van der Waals surface area contributed by atoms with Crippen LogP contribution in [0.2, 0.25) is 0 Å². The summed E-state index contributed by atoms with van der Waals surface area (Å²) in [6.45, 7) is 3.01. The van der Waals surface area contributed by atoms with Gasteiger partial charge < -0.3 is 20.1 Å². The first-order chi connectivity index (χ1) is 12.1. The number of nitrogens with zero attached hydrogens (tertiary/aromatic N) is 3. The van der Waals surface area contributed by atoms with Gasteiger partial charge in [0.2, 0.25) is 11.8 Å². The normalized spacial score (nSPS) is 15.0. The number of para-hydroxylation sites is 1. The minimum atomic E-state index is -0.183. The number of carbonyl (C=O) groups is 2. The van der Waals surface area contributed by atoms with Crippen molar-refractivity contribution in [2.45, 2.75) is 26.3 Å². The standard InChI is InChI=1S/C17H21N5O3/c1-12-19-15(25-21-12)11-18-17(24)22-9-7-13(8-10-22)16(23)20-14-5-3-2-4-6-14/h2-6,13H,7-11H2,1H3,(H,18,24)(H,20,23). The zero-order valence-corrected chi connectivity index (χ0v) is 14.1. The highest BCUT2D eigenvalue weighted by atomic mass is 16.5. The van der Waals surface area contributed by atoms with Crippen LogP contribution in [-0.4, -0.2) is 40.1 Å². The third-order valence-corrected chi connectivity index (χ3v) is 4.15. The van der Waals surface area contributed by atoms with Gasteiger partial charge in [0.25, 0.3) is 0 Å². The number of benzene rings is 1. The van der Waals surface area contributed by atoms with E-state index in [1.807, 2.05) is 30.3 Å². The highest BCUT2D eigenvalue weighted by Gasteiger charge is 2.27. The zero-order valence-electron chi connectivity index (χ0n) is 14.1. The van der Waals surface area contributed by atoms with E-state index in [1.165, 1.54) is 0 Å². The molecule has 2 N–H and O–H groups in total. The number of rotatable bonds is 4. The van der Waals surface area contributed by atoms with E-state index in [4.69, 9.17) is 4.52 Å². The number of urea groups is 1. The molecule has 1 saturated heterocycles. The lowest BCUT2D eigenvalue weighted by atomic mass is 9.96. The number of hydrogen-bond donors (Lipinski definition) is 2. The van der Waals surface area contributed by atoms with Gasteiger partial charge in [0.15, 0.2) is 5.82 Å².